The number of amides is 2. The molecule has 0 aliphatic rings. The van der Waals surface area contributed by atoms with Gasteiger partial charge in [-0.1, -0.05) is 25.1 Å². The summed E-state index contributed by atoms with van der Waals surface area (Å²) in [5.74, 6) is 0.436. The molecular weight excluding hydrogens is 410 g/mol. The second kappa shape index (κ2) is 11.4. The predicted molar refractivity (Wildman–Crippen MR) is 120 cm³/mol. The Kier molecular flexibility index (Phi) is 8.95. The molecule has 29 heavy (non-hydrogen) atoms. The third kappa shape index (κ3) is 7.07. The van der Waals surface area contributed by atoms with Gasteiger partial charge in [-0.2, -0.15) is 12.6 Å². The van der Waals surface area contributed by atoms with E-state index in [1.54, 1.807) is 29.2 Å². The van der Waals surface area contributed by atoms with Crippen molar-refractivity contribution in [2.45, 2.75) is 19.8 Å². The van der Waals surface area contributed by atoms with E-state index in [0.29, 0.717) is 59.6 Å². The van der Waals surface area contributed by atoms with Crippen molar-refractivity contribution in [2.24, 2.45) is 0 Å². The first-order chi connectivity index (χ1) is 13.9. The monoisotopic (exact) mass is 433 g/mol. The highest BCUT2D eigenvalue weighted by Crippen LogP contribution is 2.14. The molecule has 0 bridgehead atoms. The first-order valence-corrected chi connectivity index (χ1v) is 10.2. The fraction of sp³-hybridized carbons (Fsp3) is 0.300. The van der Waals surface area contributed by atoms with Crippen LogP contribution in [0.4, 0.5) is 11.6 Å². The van der Waals surface area contributed by atoms with Crippen molar-refractivity contribution in [1.82, 2.24) is 14.9 Å². The van der Waals surface area contributed by atoms with Crippen LogP contribution in [0.1, 0.15) is 30.1 Å². The van der Waals surface area contributed by atoms with Crippen LogP contribution in [0.3, 0.4) is 0 Å². The largest absolute Gasteiger partial charge is 0.354 e. The van der Waals surface area contributed by atoms with Gasteiger partial charge in [0.05, 0.1) is 23.3 Å². The quantitative estimate of drug-likeness (QED) is 0.229. The number of thiol groups is 1. The van der Waals surface area contributed by atoms with E-state index in [4.69, 9.17) is 11.6 Å². The van der Waals surface area contributed by atoms with Crippen molar-refractivity contribution in [3.63, 3.8) is 0 Å². The normalized spacial score (nSPS) is 10.3. The lowest BCUT2D eigenvalue weighted by Gasteiger charge is -2.20. The van der Waals surface area contributed by atoms with Crippen molar-refractivity contribution in [3.8, 4) is 0 Å². The number of nitrogens with zero attached hydrogens (tertiary/aromatic N) is 3. The molecule has 2 rings (SSSR count). The van der Waals surface area contributed by atoms with Gasteiger partial charge in [-0.3, -0.25) is 9.59 Å². The number of hydrogen-bond donors (Lipinski definition) is 3. The SMILES string of the molecule is C=C(CC)C(=O)Nc1ccc(C(=O)N(CS)CCCNc2ncc(Cl)cn2)cc1. The second-order valence-electron chi connectivity index (χ2n) is 6.20. The summed E-state index contributed by atoms with van der Waals surface area (Å²) >= 11 is 10.0. The van der Waals surface area contributed by atoms with E-state index < -0.39 is 0 Å². The van der Waals surface area contributed by atoms with E-state index in [9.17, 15) is 9.59 Å². The van der Waals surface area contributed by atoms with Crippen LogP contribution in [0.5, 0.6) is 0 Å². The molecule has 2 aromatic rings. The van der Waals surface area contributed by atoms with Gasteiger partial charge in [0.15, 0.2) is 0 Å². The fourth-order valence-electron chi connectivity index (χ4n) is 2.37. The third-order valence-electron chi connectivity index (χ3n) is 4.10. The lowest BCUT2D eigenvalue weighted by atomic mass is 10.1. The summed E-state index contributed by atoms with van der Waals surface area (Å²) in [4.78, 5) is 34.3. The molecule has 154 valence electrons. The van der Waals surface area contributed by atoms with Gasteiger partial charge in [0.25, 0.3) is 11.8 Å². The minimum Gasteiger partial charge on any atom is -0.354 e. The number of carbonyl (C=O) groups excluding carboxylic acids is 2. The lowest BCUT2D eigenvalue weighted by Crippen LogP contribution is -2.32. The van der Waals surface area contributed by atoms with Crippen LogP contribution in [-0.4, -0.2) is 45.6 Å². The third-order valence-corrected chi connectivity index (χ3v) is 4.64. The van der Waals surface area contributed by atoms with Crippen LogP contribution in [0.25, 0.3) is 0 Å². The molecule has 1 heterocycles. The number of carbonyl (C=O) groups is 2. The maximum Gasteiger partial charge on any atom is 0.254 e. The maximum absolute atomic E-state index is 12.7. The molecule has 1 aromatic heterocycles. The first-order valence-electron chi connectivity index (χ1n) is 9.15. The van der Waals surface area contributed by atoms with Crippen LogP contribution in [0.2, 0.25) is 5.02 Å². The predicted octanol–water partition coefficient (Wildman–Crippen LogP) is 3.87. The molecule has 2 amide bonds. The van der Waals surface area contributed by atoms with Gasteiger partial charge in [0.2, 0.25) is 5.95 Å². The van der Waals surface area contributed by atoms with Crippen LogP contribution < -0.4 is 10.6 Å². The van der Waals surface area contributed by atoms with Gasteiger partial charge in [-0.05, 0) is 37.1 Å². The Balaban J connectivity index is 1.85. The fourth-order valence-corrected chi connectivity index (χ4v) is 2.74. The van der Waals surface area contributed by atoms with E-state index in [1.807, 2.05) is 6.92 Å². The molecule has 0 unspecified atom stereocenters. The molecule has 1 aromatic carbocycles. The van der Waals surface area contributed by atoms with Crippen LogP contribution >= 0.6 is 24.2 Å². The van der Waals surface area contributed by atoms with Crippen LogP contribution in [-0.2, 0) is 4.79 Å². The Hall–Kier alpha value is -2.58. The highest BCUT2D eigenvalue weighted by molar-refractivity contribution is 7.80. The molecule has 0 fully saturated rings. The van der Waals surface area contributed by atoms with Crippen molar-refractivity contribution >= 4 is 47.7 Å². The van der Waals surface area contributed by atoms with Gasteiger partial charge < -0.3 is 15.5 Å². The summed E-state index contributed by atoms with van der Waals surface area (Å²) in [7, 11) is 0. The van der Waals surface area contributed by atoms with Gasteiger partial charge in [0.1, 0.15) is 0 Å². The summed E-state index contributed by atoms with van der Waals surface area (Å²) in [6, 6.07) is 6.76. The number of benzene rings is 1. The minimum absolute atomic E-state index is 0.126. The van der Waals surface area contributed by atoms with Gasteiger partial charge in [0, 0.05) is 29.9 Å². The molecule has 2 N–H and O–H groups in total. The van der Waals surface area contributed by atoms with Gasteiger partial charge in [-0.15, -0.1) is 0 Å². The molecule has 0 radical (unpaired) electrons. The maximum atomic E-state index is 12.7. The molecule has 0 saturated heterocycles. The topological polar surface area (TPSA) is 87.2 Å². The standard InChI is InChI=1S/C20H24ClN5O2S/c1-3-14(2)18(27)25-17-7-5-15(6-8-17)19(28)26(13-29)10-4-9-22-20-23-11-16(21)12-24-20/h5-8,11-12,29H,2-4,9-10,13H2,1H3,(H,25,27)(H,22,23,24). The van der Waals surface area contributed by atoms with Crippen molar-refractivity contribution in [3.05, 3.63) is 59.4 Å². The minimum atomic E-state index is -0.222. The number of nitrogens with one attached hydrogen (secondary N) is 2. The Morgan fingerprint density at radius 2 is 1.86 bits per heavy atom. The van der Waals surface area contributed by atoms with Crippen molar-refractivity contribution in [1.29, 1.82) is 0 Å². The van der Waals surface area contributed by atoms with E-state index in [-0.39, 0.29) is 11.8 Å². The van der Waals surface area contributed by atoms with Crippen LogP contribution in [0, 0.1) is 0 Å². The summed E-state index contributed by atoms with van der Waals surface area (Å²) in [5.41, 5.74) is 1.65. The number of halogens is 1. The van der Waals surface area contributed by atoms with Crippen LogP contribution in [0.15, 0.2) is 48.8 Å². The Morgan fingerprint density at radius 1 is 1.21 bits per heavy atom. The molecule has 9 heteroatoms. The summed E-state index contributed by atoms with van der Waals surface area (Å²) in [6.07, 6.45) is 4.32. The van der Waals surface area contributed by atoms with E-state index in [0.717, 1.165) is 0 Å². The summed E-state index contributed by atoms with van der Waals surface area (Å²) < 4.78 is 0. The second-order valence-corrected chi connectivity index (χ2v) is 6.92. The molecule has 0 atom stereocenters. The van der Waals surface area contributed by atoms with E-state index >= 15 is 0 Å². The summed E-state index contributed by atoms with van der Waals surface area (Å²) in [5, 5.41) is 6.31. The van der Waals surface area contributed by atoms with E-state index in [2.05, 4.69) is 39.8 Å². The first kappa shape index (κ1) is 22.7. The Morgan fingerprint density at radius 3 is 2.45 bits per heavy atom. The zero-order chi connectivity index (χ0) is 21.2. The average Bonchev–Trinajstić information content (AvgIpc) is 2.74. The Labute approximate surface area is 181 Å². The molecule has 7 nitrogen and oxygen atoms in total. The smallest absolute Gasteiger partial charge is 0.254 e. The van der Waals surface area contributed by atoms with Gasteiger partial charge in [-0.25, -0.2) is 9.97 Å². The molecule has 0 aliphatic carbocycles. The average molecular weight is 434 g/mol. The van der Waals surface area contributed by atoms with Crippen molar-refractivity contribution < 1.29 is 9.59 Å². The number of aromatic nitrogens is 2. The number of anilines is 2. The lowest BCUT2D eigenvalue weighted by molar-refractivity contribution is -0.112. The highest BCUT2D eigenvalue weighted by Gasteiger charge is 2.14. The van der Waals surface area contributed by atoms with E-state index in [1.165, 1.54) is 12.4 Å². The molecule has 0 spiro atoms. The summed E-state index contributed by atoms with van der Waals surface area (Å²) in [6.45, 7) is 6.70. The number of rotatable bonds is 10. The van der Waals surface area contributed by atoms with Gasteiger partial charge >= 0.3 is 0 Å². The zero-order valence-corrected chi connectivity index (χ0v) is 17.8. The number of hydrogen-bond acceptors (Lipinski definition) is 6. The zero-order valence-electron chi connectivity index (χ0n) is 16.2. The molecule has 0 saturated carbocycles. The Bertz CT molecular complexity index is 843. The van der Waals surface area contributed by atoms with Crippen molar-refractivity contribution in [2.75, 3.05) is 29.6 Å². The highest BCUT2D eigenvalue weighted by atomic mass is 35.5. The molecular formula is C20H24ClN5O2S. The molecule has 0 aliphatic heterocycles.